The Labute approximate surface area is 39.2 Å². The molecule has 0 saturated carbocycles. The minimum absolute atomic E-state index is 3.19. The SMILES string of the molecule is N=P(O)(Cl)Cl. The minimum atomic E-state index is -3.19. The van der Waals surface area contributed by atoms with E-state index >= 15 is 0 Å². The maximum Gasteiger partial charge on any atom is 0.258 e. The van der Waals surface area contributed by atoms with E-state index in [4.69, 9.17) is 10.1 Å². The molecule has 0 spiro atoms. The molecular formula is H2Cl2NOP. The number of hydrogen-bond acceptors (Lipinski definition) is 1. The van der Waals surface area contributed by atoms with Crippen molar-refractivity contribution in [1.82, 2.24) is 0 Å². The van der Waals surface area contributed by atoms with E-state index in [1.54, 1.807) is 0 Å². The lowest BCUT2D eigenvalue weighted by atomic mass is 14.0. The number of hydrogen-bond donors (Lipinski definition) is 2. The minimum Gasteiger partial charge on any atom is -0.337 e. The monoisotopic (exact) mass is 133 g/mol. The summed E-state index contributed by atoms with van der Waals surface area (Å²) in [6, 6.07) is 0. The Morgan fingerprint density at radius 2 is 1.60 bits per heavy atom. The van der Waals surface area contributed by atoms with Gasteiger partial charge in [0, 0.05) is 0 Å². The van der Waals surface area contributed by atoms with Crippen molar-refractivity contribution in [2.45, 2.75) is 0 Å². The molecule has 0 atom stereocenters. The van der Waals surface area contributed by atoms with Gasteiger partial charge in [-0.2, -0.15) is 0 Å². The lowest BCUT2D eigenvalue weighted by Crippen LogP contribution is -1.37. The standard InChI is InChI=1S/Cl2H2NOP/c1-5(2,3)4/h(H2,3,4). The fourth-order valence-corrected chi connectivity index (χ4v) is 0. The lowest BCUT2D eigenvalue weighted by molar-refractivity contribution is 0.641. The van der Waals surface area contributed by atoms with Crippen LogP contribution in [0.15, 0.2) is 0 Å². The van der Waals surface area contributed by atoms with Gasteiger partial charge >= 0.3 is 0 Å². The highest BCUT2D eigenvalue weighted by Gasteiger charge is 1.94. The molecule has 0 aromatic rings. The Morgan fingerprint density at radius 1 is 1.60 bits per heavy atom. The maximum atomic E-state index is 7.83. The Kier molecular flexibility index (Phi) is 1.71. The van der Waals surface area contributed by atoms with E-state index in [0.717, 1.165) is 0 Å². The summed E-state index contributed by atoms with van der Waals surface area (Å²) in [4.78, 5) is 7.83. The molecular weight excluding hydrogens is 132 g/mol. The molecule has 2 nitrogen and oxygen atoms in total. The molecule has 0 radical (unpaired) electrons. The first kappa shape index (κ1) is 5.77. The fraction of sp³-hybridized carbons (Fsp3) is 0. The van der Waals surface area contributed by atoms with Gasteiger partial charge in [0.05, 0.1) is 0 Å². The quantitative estimate of drug-likeness (QED) is 0.488. The van der Waals surface area contributed by atoms with Gasteiger partial charge in [-0.25, -0.2) is 0 Å². The molecule has 0 aromatic heterocycles. The van der Waals surface area contributed by atoms with Crippen LogP contribution in [0, 0.1) is 5.16 Å². The molecule has 0 aliphatic carbocycles. The molecule has 0 fully saturated rings. The highest BCUT2D eigenvalue weighted by Crippen LogP contribution is 2.52. The molecule has 32 valence electrons. The smallest absolute Gasteiger partial charge is 0.258 e. The van der Waals surface area contributed by atoms with Crippen LogP contribution in [0.1, 0.15) is 0 Å². The number of nitrogens with one attached hydrogen (secondary N) is 1. The number of rotatable bonds is 0. The first-order valence-corrected chi connectivity index (χ1v) is 4.31. The van der Waals surface area contributed by atoms with Crippen LogP contribution >= 0.6 is 28.5 Å². The molecule has 2 N–H and O–H groups in total. The van der Waals surface area contributed by atoms with Gasteiger partial charge in [0.15, 0.2) is 0 Å². The molecule has 0 saturated heterocycles. The maximum absolute atomic E-state index is 7.83. The van der Waals surface area contributed by atoms with Crippen LogP contribution in [0.2, 0.25) is 0 Å². The summed E-state index contributed by atoms with van der Waals surface area (Å²) in [6.07, 6.45) is 0. The third-order valence-corrected chi connectivity index (χ3v) is 0. The highest BCUT2D eigenvalue weighted by molar-refractivity contribution is 8.05. The van der Waals surface area contributed by atoms with Gasteiger partial charge < -0.3 is 4.89 Å². The number of halogens is 2. The van der Waals surface area contributed by atoms with E-state index in [1.165, 1.54) is 0 Å². The summed E-state index contributed by atoms with van der Waals surface area (Å²) in [7, 11) is 0. The second-order valence-corrected chi connectivity index (χ2v) is 4.91. The van der Waals surface area contributed by atoms with Crippen molar-refractivity contribution in [3.63, 3.8) is 0 Å². The van der Waals surface area contributed by atoms with Gasteiger partial charge in [0.25, 0.3) is 5.99 Å². The lowest BCUT2D eigenvalue weighted by Gasteiger charge is -1.83. The Morgan fingerprint density at radius 3 is 1.60 bits per heavy atom. The summed E-state index contributed by atoms with van der Waals surface area (Å²) in [6.45, 7) is 0. The summed E-state index contributed by atoms with van der Waals surface area (Å²) >= 11 is 9.26. The Bertz CT molecular complexity index is 55.8. The highest BCUT2D eigenvalue weighted by atomic mass is 35.9. The van der Waals surface area contributed by atoms with Crippen molar-refractivity contribution in [3.05, 3.63) is 0 Å². The van der Waals surface area contributed by atoms with Crippen molar-refractivity contribution in [1.29, 1.82) is 5.16 Å². The predicted octanol–water partition coefficient (Wildman–Crippen LogP) is 1.98. The van der Waals surface area contributed by atoms with Crippen LogP contribution in [-0.2, 0) is 0 Å². The van der Waals surface area contributed by atoms with Gasteiger partial charge in [0.1, 0.15) is 0 Å². The molecule has 0 aromatic carbocycles. The van der Waals surface area contributed by atoms with E-state index in [9.17, 15) is 0 Å². The van der Waals surface area contributed by atoms with Crippen LogP contribution in [0.4, 0.5) is 0 Å². The molecule has 0 heterocycles. The second-order valence-electron chi connectivity index (χ2n) is 0.484. The average Bonchev–Trinajstić information content (AvgIpc) is 0.722. The van der Waals surface area contributed by atoms with E-state index in [2.05, 4.69) is 22.5 Å². The van der Waals surface area contributed by atoms with Crippen LogP contribution in [-0.4, -0.2) is 4.89 Å². The van der Waals surface area contributed by atoms with Gasteiger partial charge in [0.2, 0.25) is 0 Å². The third kappa shape index (κ3) is 61.7. The van der Waals surface area contributed by atoms with Gasteiger partial charge in [-0.1, -0.05) is 0 Å². The molecule has 0 aliphatic heterocycles. The summed E-state index contributed by atoms with van der Waals surface area (Å²) < 4.78 is 0. The van der Waals surface area contributed by atoms with Gasteiger partial charge in [-0.05, 0) is 22.5 Å². The summed E-state index contributed by atoms with van der Waals surface area (Å²) in [5.74, 6) is -3.19. The fourth-order valence-electron chi connectivity index (χ4n) is 0. The zero-order valence-corrected chi connectivity index (χ0v) is 4.56. The van der Waals surface area contributed by atoms with E-state index in [-0.39, 0.29) is 0 Å². The van der Waals surface area contributed by atoms with Crippen molar-refractivity contribution >= 4 is 28.5 Å². The third-order valence-electron chi connectivity index (χ3n) is 0. The van der Waals surface area contributed by atoms with Crippen molar-refractivity contribution in [3.8, 4) is 0 Å². The van der Waals surface area contributed by atoms with E-state index in [0.29, 0.717) is 0 Å². The molecule has 0 amide bonds. The van der Waals surface area contributed by atoms with E-state index < -0.39 is 5.99 Å². The Hall–Kier alpha value is 0.770. The van der Waals surface area contributed by atoms with Crippen molar-refractivity contribution in [2.24, 2.45) is 0 Å². The zero-order valence-electron chi connectivity index (χ0n) is 2.15. The summed E-state index contributed by atoms with van der Waals surface area (Å²) in [5.41, 5.74) is 0. The van der Waals surface area contributed by atoms with E-state index in [1.807, 2.05) is 0 Å². The van der Waals surface area contributed by atoms with Gasteiger partial charge in [-0.3, -0.25) is 5.16 Å². The van der Waals surface area contributed by atoms with Crippen LogP contribution in [0.5, 0.6) is 0 Å². The summed E-state index contributed by atoms with van der Waals surface area (Å²) in [5, 5.41) is 6.14. The normalized spacial score (nSPS) is 11.8. The topological polar surface area (TPSA) is 44.1 Å². The van der Waals surface area contributed by atoms with Crippen LogP contribution in [0.25, 0.3) is 0 Å². The molecule has 0 rings (SSSR count). The van der Waals surface area contributed by atoms with Crippen molar-refractivity contribution < 1.29 is 4.89 Å². The second kappa shape index (κ2) is 1.48. The molecule has 5 heteroatoms. The molecule has 0 aliphatic rings. The van der Waals surface area contributed by atoms with Crippen LogP contribution in [0.3, 0.4) is 0 Å². The Balaban J connectivity index is 3.47. The average molecular weight is 134 g/mol. The van der Waals surface area contributed by atoms with Crippen molar-refractivity contribution in [2.75, 3.05) is 0 Å². The van der Waals surface area contributed by atoms with Crippen LogP contribution < -0.4 is 0 Å². The zero-order chi connectivity index (χ0) is 4.50. The predicted molar refractivity (Wildman–Crippen MR) is 23.6 cm³/mol. The largest absolute Gasteiger partial charge is 0.337 e. The first-order chi connectivity index (χ1) is 2.00. The molecule has 0 unspecified atom stereocenters. The van der Waals surface area contributed by atoms with Gasteiger partial charge in [-0.15, -0.1) is 0 Å². The molecule has 5 heavy (non-hydrogen) atoms. The first-order valence-electron chi connectivity index (χ1n) is 0.762. The molecule has 0 bridgehead atoms.